The zero-order valence-corrected chi connectivity index (χ0v) is 26.4. The lowest BCUT2D eigenvalue weighted by molar-refractivity contribution is -0.0307. The summed E-state index contributed by atoms with van der Waals surface area (Å²) in [4.78, 5) is 30.0. The molecule has 0 aliphatic carbocycles. The van der Waals surface area contributed by atoms with E-state index in [9.17, 15) is 9.90 Å². The van der Waals surface area contributed by atoms with Gasteiger partial charge in [-0.25, -0.2) is 19.5 Å². The van der Waals surface area contributed by atoms with E-state index in [4.69, 9.17) is 29.2 Å². The van der Waals surface area contributed by atoms with Crippen molar-refractivity contribution >= 4 is 55.1 Å². The third-order valence-corrected chi connectivity index (χ3v) is 10.1. The molecule has 1 fully saturated rings. The number of hydrogen-bond donors (Lipinski definition) is 1. The molecule has 2 aromatic carbocycles. The summed E-state index contributed by atoms with van der Waals surface area (Å²) in [6, 6.07) is 11.3. The molecule has 14 heteroatoms. The van der Waals surface area contributed by atoms with Crippen molar-refractivity contribution in [1.29, 1.82) is 0 Å². The van der Waals surface area contributed by atoms with E-state index in [1.165, 1.54) is 34.0 Å². The van der Waals surface area contributed by atoms with Crippen LogP contribution in [0.25, 0.3) is 36.5 Å². The Morgan fingerprint density at radius 2 is 2.00 bits per heavy atom. The molecule has 1 aliphatic heterocycles. The van der Waals surface area contributed by atoms with Crippen LogP contribution in [0.1, 0.15) is 27.5 Å². The first kappa shape index (κ1) is 28.8. The molecule has 1 aliphatic rings. The van der Waals surface area contributed by atoms with Crippen LogP contribution in [-0.2, 0) is 11.3 Å². The van der Waals surface area contributed by atoms with E-state index in [1.54, 1.807) is 16.5 Å². The standard InChI is InChI=1S/C30H28N6O5S3/c1-17-34-36-14-24(33-30(36)43-17)28-32-23-11-22(39-2)12-25(26(23)44-28)41-15-20-16-42-27(31-20)18-3-5-19(6-4-18)29(38)35-8-10-40-21(13-35)7-9-37/h3-6,11-12,14,16,21,37H,7-10,13,15H2,1-2H3. The number of carbonyl (C=O) groups excluding carboxylic acids is 1. The van der Waals surface area contributed by atoms with Crippen molar-refractivity contribution in [2.45, 2.75) is 26.1 Å². The highest BCUT2D eigenvalue weighted by Gasteiger charge is 2.25. The highest BCUT2D eigenvalue weighted by Crippen LogP contribution is 2.39. The Balaban J connectivity index is 1.05. The molecule has 226 valence electrons. The molecule has 0 spiro atoms. The summed E-state index contributed by atoms with van der Waals surface area (Å²) in [5.41, 5.74) is 3.88. The number of benzene rings is 2. The van der Waals surface area contributed by atoms with Gasteiger partial charge < -0.3 is 24.2 Å². The molecule has 11 nitrogen and oxygen atoms in total. The summed E-state index contributed by atoms with van der Waals surface area (Å²) in [6.45, 7) is 3.78. The summed E-state index contributed by atoms with van der Waals surface area (Å²) < 4.78 is 20.1. The van der Waals surface area contributed by atoms with E-state index in [0.717, 1.165) is 47.2 Å². The molecule has 1 N–H and O–H groups in total. The van der Waals surface area contributed by atoms with E-state index in [2.05, 4.69) is 5.10 Å². The van der Waals surface area contributed by atoms with Gasteiger partial charge in [0.2, 0.25) is 4.96 Å². The van der Waals surface area contributed by atoms with Gasteiger partial charge in [-0.05, 0) is 25.5 Å². The maximum atomic E-state index is 13.0. The van der Waals surface area contributed by atoms with E-state index in [-0.39, 0.29) is 25.2 Å². The number of aliphatic hydroxyl groups excluding tert-OH is 1. The first-order chi connectivity index (χ1) is 21.5. The highest BCUT2D eigenvalue weighted by molar-refractivity contribution is 7.22. The molecular weight excluding hydrogens is 621 g/mol. The van der Waals surface area contributed by atoms with Gasteiger partial charge >= 0.3 is 0 Å². The average molecular weight is 649 g/mol. The number of nitrogens with zero attached hydrogens (tertiary/aromatic N) is 6. The van der Waals surface area contributed by atoms with Crippen LogP contribution in [0.3, 0.4) is 0 Å². The van der Waals surface area contributed by atoms with Crippen LogP contribution >= 0.6 is 34.0 Å². The number of fused-ring (bicyclic) bond motifs is 2. The molecule has 0 bridgehead atoms. The van der Waals surface area contributed by atoms with E-state index >= 15 is 0 Å². The quantitative estimate of drug-likeness (QED) is 0.222. The molecule has 5 heterocycles. The second-order valence-corrected chi connectivity index (χ2v) is 13.3. The summed E-state index contributed by atoms with van der Waals surface area (Å²) in [7, 11) is 1.62. The highest BCUT2D eigenvalue weighted by atomic mass is 32.1. The fourth-order valence-electron chi connectivity index (χ4n) is 5.03. The molecular formula is C30H28N6O5S3. The van der Waals surface area contributed by atoms with E-state index in [1.807, 2.05) is 54.9 Å². The third kappa shape index (κ3) is 5.78. The van der Waals surface area contributed by atoms with Gasteiger partial charge in [0.15, 0.2) is 0 Å². The molecule has 1 unspecified atom stereocenters. The molecule has 1 amide bonds. The molecule has 1 atom stereocenters. The van der Waals surface area contributed by atoms with Crippen molar-refractivity contribution in [3.05, 3.63) is 64.2 Å². The van der Waals surface area contributed by atoms with Crippen LogP contribution < -0.4 is 9.47 Å². The Morgan fingerprint density at radius 3 is 2.80 bits per heavy atom. The van der Waals surface area contributed by atoms with Gasteiger partial charge in [0.1, 0.15) is 38.8 Å². The summed E-state index contributed by atoms with van der Waals surface area (Å²) in [5, 5.41) is 18.2. The zero-order chi connectivity index (χ0) is 30.2. The Kier molecular flexibility index (Phi) is 7.99. The summed E-state index contributed by atoms with van der Waals surface area (Å²) in [5.74, 6) is 1.29. The van der Waals surface area contributed by atoms with Gasteiger partial charge in [-0.15, -0.1) is 22.7 Å². The Labute approximate surface area is 264 Å². The molecule has 1 saturated heterocycles. The van der Waals surface area contributed by atoms with Crippen LogP contribution in [0.2, 0.25) is 0 Å². The van der Waals surface area contributed by atoms with Gasteiger partial charge in [0, 0.05) is 48.3 Å². The summed E-state index contributed by atoms with van der Waals surface area (Å²) in [6.07, 6.45) is 2.29. The maximum absolute atomic E-state index is 13.0. The number of thiazole rings is 2. The topological polar surface area (TPSA) is 124 Å². The number of methoxy groups -OCH3 is 1. The minimum atomic E-state index is -0.130. The van der Waals surface area contributed by atoms with Crippen molar-refractivity contribution < 1.29 is 24.1 Å². The minimum absolute atomic E-state index is 0.0358. The molecule has 0 radical (unpaired) electrons. The fourth-order valence-corrected chi connectivity index (χ4v) is 7.54. The van der Waals surface area contributed by atoms with Crippen LogP contribution in [0, 0.1) is 6.92 Å². The first-order valence-corrected chi connectivity index (χ1v) is 16.5. The number of hydrogen-bond acceptors (Lipinski definition) is 12. The maximum Gasteiger partial charge on any atom is 0.254 e. The van der Waals surface area contributed by atoms with Gasteiger partial charge in [-0.1, -0.05) is 23.5 Å². The van der Waals surface area contributed by atoms with Gasteiger partial charge in [0.05, 0.1) is 41.9 Å². The number of aryl methyl sites for hydroxylation is 1. The number of morpholine rings is 1. The lowest BCUT2D eigenvalue weighted by Gasteiger charge is -2.32. The van der Waals surface area contributed by atoms with Crippen LogP contribution in [0.4, 0.5) is 0 Å². The van der Waals surface area contributed by atoms with Gasteiger partial charge in [-0.3, -0.25) is 4.79 Å². The number of carbonyl (C=O) groups is 1. The van der Waals surface area contributed by atoms with Crippen LogP contribution in [-0.4, -0.2) is 80.0 Å². The number of aliphatic hydroxyl groups is 1. The van der Waals surface area contributed by atoms with E-state index in [0.29, 0.717) is 43.2 Å². The number of imidazole rings is 1. The summed E-state index contributed by atoms with van der Waals surface area (Å²) >= 11 is 4.58. The molecule has 44 heavy (non-hydrogen) atoms. The molecule has 7 rings (SSSR count). The number of amides is 1. The second-order valence-electron chi connectivity index (χ2n) is 10.2. The lowest BCUT2D eigenvalue weighted by Crippen LogP contribution is -2.45. The monoisotopic (exact) mass is 648 g/mol. The molecule has 6 aromatic rings. The average Bonchev–Trinajstić information content (AvgIpc) is 3.83. The van der Waals surface area contributed by atoms with Gasteiger partial charge in [0.25, 0.3) is 5.91 Å². The predicted molar refractivity (Wildman–Crippen MR) is 170 cm³/mol. The number of ether oxygens (including phenoxy) is 3. The predicted octanol–water partition coefficient (Wildman–Crippen LogP) is 5.31. The van der Waals surface area contributed by atoms with Gasteiger partial charge in [-0.2, -0.15) is 5.10 Å². The van der Waals surface area contributed by atoms with Crippen molar-refractivity contribution in [2.24, 2.45) is 0 Å². The minimum Gasteiger partial charge on any atom is -0.497 e. The van der Waals surface area contributed by atoms with Crippen LogP contribution in [0.5, 0.6) is 11.5 Å². The number of rotatable bonds is 9. The van der Waals surface area contributed by atoms with Crippen molar-refractivity contribution in [3.63, 3.8) is 0 Å². The Bertz CT molecular complexity index is 1910. The molecule has 4 aromatic heterocycles. The third-order valence-electron chi connectivity index (χ3n) is 7.21. The Hall–Kier alpha value is -3.95. The fraction of sp³-hybridized carbons (Fsp3) is 0.300. The van der Waals surface area contributed by atoms with Crippen molar-refractivity contribution in [1.82, 2.24) is 29.5 Å². The van der Waals surface area contributed by atoms with Crippen molar-refractivity contribution in [3.8, 4) is 32.8 Å². The lowest BCUT2D eigenvalue weighted by atomic mass is 10.1. The SMILES string of the molecule is COc1cc(OCc2csc(-c3ccc(C(=O)N4CCOC(CCO)C4)cc3)n2)c2sc(-c3cn4nc(C)sc4n3)nc2c1. The zero-order valence-electron chi connectivity index (χ0n) is 23.9. The largest absolute Gasteiger partial charge is 0.497 e. The first-order valence-electron chi connectivity index (χ1n) is 14.0. The van der Waals surface area contributed by atoms with E-state index < -0.39 is 0 Å². The second kappa shape index (κ2) is 12.2. The van der Waals surface area contributed by atoms with Crippen LogP contribution in [0.15, 0.2) is 48.0 Å². The number of aromatic nitrogens is 5. The Morgan fingerprint density at radius 1 is 1.14 bits per heavy atom. The molecule has 0 saturated carbocycles. The smallest absolute Gasteiger partial charge is 0.254 e. The van der Waals surface area contributed by atoms with Crippen molar-refractivity contribution in [2.75, 3.05) is 33.4 Å². The normalized spacial score (nSPS) is 15.3.